The van der Waals surface area contributed by atoms with E-state index in [1.165, 1.54) is 11.0 Å². The maximum atomic E-state index is 13.3. The summed E-state index contributed by atoms with van der Waals surface area (Å²) in [6.07, 6.45) is 0. The molecule has 0 saturated carbocycles. The number of rotatable bonds is 5. The standard InChI is InChI=1S/C16H14ClF2NO2/c1-2-20(12-5-8-14(18)15(19)9-12)16(21)10-22-13-6-3-11(17)4-7-13/h3-9H,2,10H2,1H3. The molecule has 116 valence electrons. The molecule has 0 unspecified atom stereocenters. The van der Waals surface area contributed by atoms with Gasteiger partial charge >= 0.3 is 0 Å². The van der Waals surface area contributed by atoms with Crippen molar-refractivity contribution in [3.8, 4) is 5.75 Å². The minimum atomic E-state index is -0.998. The first-order valence-corrected chi connectivity index (χ1v) is 7.03. The summed E-state index contributed by atoms with van der Waals surface area (Å²) in [5.41, 5.74) is 0.283. The van der Waals surface area contributed by atoms with Crippen LogP contribution >= 0.6 is 11.6 Å². The maximum Gasteiger partial charge on any atom is 0.264 e. The smallest absolute Gasteiger partial charge is 0.264 e. The minimum Gasteiger partial charge on any atom is -0.484 e. The van der Waals surface area contributed by atoms with Crippen LogP contribution in [0.25, 0.3) is 0 Å². The lowest BCUT2D eigenvalue weighted by Crippen LogP contribution is -2.34. The fourth-order valence-corrected chi connectivity index (χ4v) is 2.04. The van der Waals surface area contributed by atoms with Crippen LogP contribution in [0.4, 0.5) is 14.5 Å². The van der Waals surface area contributed by atoms with Crippen LogP contribution < -0.4 is 9.64 Å². The second-order valence-corrected chi connectivity index (χ2v) is 4.92. The van der Waals surface area contributed by atoms with Gasteiger partial charge in [0, 0.05) is 23.3 Å². The van der Waals surface area contributed by atoms with E-state index in [0.717, 1.165) is 12.1 Å². The van der Waals surface area contributed by atoms with Crippen LogP contribution in [-0.4, -0.2) is 19.1 Å². The third-order valence-electron chi connectivity index (χ3n) is 3.01. The van der Waals surface area contributed by atoms with Gasteiger partial charge in [-0.3, -0.25) is 4.79 Å². The van der Waals surface area contributed by atoms with Gasteiger partial charge in [0.05, 0.1) is 0 Å². The van der Waals surface area contributed by atoms with Crippen LogP contribution in [0.3, 0.4) is 0 Å². The predicted octanol–water partition coefficient (Wildman–Crippen LogP) is 4.05. The largest absolute Gasteiger partial charge is 0.484 e. The summed E-state index contributed by atoms with van der Waals surface area (Å²) >= 11 is 5.76. The van der Waals surface area contributed by atoms with Crippen molar-refractivity contribution in [1.82, 2.24) is 0 Å². The van der Waals surface area contributed by atoms with Crippen molar-refractivity contribution in [2.75, 3.05) is 18.1 Å². The number of halogens is 3. The van der Waals surface area contributed by atoms with Gasteiger partial charge in [0.25, 0.3) is 5.91 Å². The quantitative estimate of drug-likeness (QED) is 0.830. The first-order valence-electron chi connectivity index (χ1n) is 6.65. The Labute approximate surface area is 132 Å². The molecule has 0 N–H and O–H groups in total. The van der Waals surface area contributed by atoms with Gasteiger partial charge in [-0.1, -0.05) is 11.6 Å². The molecule has 6 heteroatoms. The molecule has 0 aliphatic heterocycles. The van der Waals surface area contributed by atoms with Gasteiger partial charge in [0.2, 0.25) is 0 Å². The summed E-state index contributed by atoms with van der Waals surface area (Å²) in [6.45, 7) is 1.84. The number of anilines is 1. The van der Waals surface area contributed by atoms with Crippen LogP contribution in [-0.2, 0) is 4.79 Å². The molecule has 0 heterocycles. The summed E-state index contributed by atoms with van der Waals surface area (Å²) in [5, 5.41) is 0.565. The van der Waals surface area contributed by atoms with Gasteiger partial charge in [-0.2, -0.15) is 0 Å². The molecule has 0 aliphatic rings. The topological polar surface area (TPSA) is 29.5 Å². The highest BCUT2D eigenvalue weighted by Gasteiger charge is 2.16. The Kier molecular flexibility index (Phi) is 5.33. The molecular formula is C16H14ClF2NO2. The molecule has 0 saturated heterocycles. The lowest BCUT2D eigenvalue weighted by atomic mass is 10.2. The van der Waals surface area contributed by atoms with E-state index in [2.05, 4.69) is 0 Å². The van der Waals surface area contributed by atoms with E-state index in [4.69, 9.17) is 16.3 Å². The van der Waals surface area contributed by atoms with Crippen molar-refractivity contribution in [2.24, 2.45) is 0 Å². The van der Waals surface area contributed by atoms with Gasteiger partial charge < -0.3 is 9.64 Å². The number of hydrogen-bond acceptors (Lipinski definition) is 2. The SMILES string of the molecule is CCN(C(=O)COc1ccc(Cl)cc1)c1ccc(F)c(F)c1. The highest BCUT2D eigenvalue weighted by Crippen LogP contribution is 2.19. The van der Waals surface area contributed by atoms with Gasteiger partial charge in [0.1, 0.15) is 5.75 Å². The highest BCUT2D eigenvalue weighted by atomic mass is 35.5. The Bertz CT molecular complexity index is 662. The van der Waals surface area contributed by atoms with Crippen molar-refractivity contribution >= 4 is 23.2 Å². The highest BCUT2D eigenvalue weighted by molar-refractivity contribution is 6.30. The molecule has 0 aromatic heterocycles. The van der Waals surface area contributed by atoms with E-state index in [9.17, 15) is 13.6 Å². The van der Waals surface area contributed by atoms with E-state index >= 15 is 0 Å². The Hall–Kier alpha value is -2.14. The van der Waals surface area contributed by atoms with Crippen LogP contribution in [0.5, 0.6) is 5.75 Å². The van der Waals surface area contributed by atoms with Gasteiger partial charge in [0.15, 0.2) is 18.2 Å². The molecule has 3 nitrogen and oxygen atoms in total. The molecule has 1 amide bonds. The fraction of sp³-hybridized carbons (Fsp3) is 0.188. The summed E-state index contributed by atoms with van der Waals surface area (Å²) < 4.78 is 31.6. The molecule has 0 atom stereocenters. The maximum absolute atomic E-state index is 13.3. The third-order valence-corrected chi connectivity index (χ3v) is 3.26. The number of nitrogens with zero attached hydrogens (tertiary/aromatic N) is 1. The van der Waals surface area contributed by atoms with Crippen LogP contribution in [0, 0.1) is 11.6 Å². The molecule has 2 rings (SSSR count). The second kappa shape index (κ2) is 7.22. The van der Waals surface area contributed by atoms with Crippen molar-refractivity contribution in [3.05, 3.63) is 59.1 Å². The molecular weight excluding hydrogens is 312 g/mol. The van der Waals surface area contributed by atoms with Crippen LogP contribution in [0.1, 0.15) is 6.92 Å². The zero-order valence-electron chi connectivity index (χ0n) is 11.9. The van der Waals surface area contributed by atoms with Crippen molar-refractivity contribution in [1.29, 1.82) is 0 Å². The summed E-state index contributed by atoms with van der Waals surface area (Å²) in [4.78, 5) is 13.5. The zero-order valence-corrected chi connectivity index (χ0v) is 12.6. The van der Waals surface area contributed by atoms with Crippen molar-refractivity contribution in [3.63, 3.8) is 0 Å². The average Bonchev–Trinajstić information content (AvgIpc) is 2.51. The number of benzene rings is 2. The van der Waals surface area contributed by atoms with Crippen molar-refractivity contribution in [2.45, 2.75) is 6.92 Å². The Balaban J connectivity index is 2.05. The molecule has 0 fully saturated rings. The molecule has 0 aliphatic carbocycles. The van der Waals surface area contributed by atoms with E-state index < -0.39 is 11.6 Å². The number of hydrogen-bond donors (Lipinski definition) is 0. The first kappa shape index (κ1) is 16.2. The van der Waals surface area contributed by atoms with E-state index in [1.54, 1.807) is 31.2 Å². The fourth-order valence-electron chi connectivity index (χ4n) is 1.91. The second-order valence-electron chi connectivity index (χ2n) is 4.48. The number of carbonyl (C=O) groups is 1. The molecule has 0 spiro atoms. The van der Waals surface area contributed by atoms with Gasteiger partial charge in [-0.05, 0) is 43.3 Å². The number of ether oxygens (including phenoxy) is 1. The normalized spacial score (nSPS) is 10.4. The van der Waals surface area contributed by atoms with E-state index in [-0.39, 0.29) is 18.2 Å². The van der Waals surface area contributed by atoms with E-state index in [1.807, 2.05) is 0 Å². The molecule has 2 aromatic rings. The van der Waals surface area contributed by atoms with Crippen LogP contribution in [0.15, 0.2) is 42.5 Å². The average molecular weight is 326 g/mol. The number of amides is 1. The Morgan fingerprint density at radius 3 is 2.41 bits per heavy atom. The Morgan fingerprint density at radius 1 is 1.14 bits per heavy atom. The minimum absolute atomic E-state index is 0.214. The monoisotopic (exact) mass is 325 g/mol. The van der Waals surface area contributed by atoms with E-state index in [0.29, 0.717) is 17.3 Å². The van der Waals surface area contributed by atoms with Gasteiger partial charge in [-0.15, -0.1) is 0 Å². The number of carbonyl (C=O) groups excluding carboxylic acids is 1. The lowest BCUT2D eigenvalue weighted by molar-refractivity contribution is -0.120. The van der Waals surface area contributed by atoms with Crippen LogP contribution in [0.2, 0.25) is 5.02 Å². The Morgan fingerprint density at radius 2 is 1.82 bits per heavy atom. The summed E-state index contributed by atoms with van der Waals surface area (Å²) in [7, 11) is 0. The molecule has 22 heavy (non-hydrogen) atoms. The first-order chi connectivity index (χ1) is 10.5. The summed E-state index contributed by atoms with van der Waals surface area (Å²) in [6, 6.07) is 9.90. The predicted molar refractivity (Wildman–Crippen MR) is 81.3 cm³/mol. The molecule has 0 bridgehead atoms. The van der Waals surface area contributed by atoms with Crippen molar-refractivity contribution < 1.29 is 18.3 Å². The zero-order chi connectivity index (χ0) is 16.1. The van der Waals surface area contributed by atoms with Gasteiger partial charge in [-0.25, -0.2) is 8.78 Å². The third kappa shape index (κ3) is 3.95. The number of likely N-dealkylation sites (N-methyl/N-ethyl adjacent to an activating group) is 1. The molecule has 2 aromatic carbocycles. The lowest BCUT2D eigenvalue weighted by Gasteiger charge is -2.21. The molecule has 0 radical (unpaired) electrons. The summed E-state index contributed by atoms with van der Waals surface area (Å²) in [5.74, 6) is -1.81.